The van der Waals surface area contributed by atoms with E-state index in [1.54, 1.807) is 25.3 Å². The predicted octanol–water partition coefficient (Wildman–Crippen LogP) is 6.92. The van der Waals surface area contributed by atoms with Gasteiger partial charge in [-0.3, -0.25) is 4.79 Å². The Kier molecular flexibility index (Phi) is 7.18. The van der Waals surface area contributed by atoms with Crippen molar-refractivity contribution in [3.8, 4) is 17.2 Å². The van der Waals surface area contributed by atoms with Crippen molar-refractivity contribution in [1.82, 2.24) is 0 Å². The summed E-state index contributed by atoms with van der Waals surface area (Å²) in [5, 5.41) is 2.22. The normalized spacial score (nSPS) is 11.2. The van der Waals surface area contributed by atoms with Crippen LogP contribution in [-0.2, 0) is 6.61 Å². The summed E-state index contributed by atoms with van der Waals surface area (Å²) in [5.41, 5.74) is 1.84. The van der Waals surface area contributed by atoms with E-state index in [0.29, 0.717) is 5.75 Å². The van der Waals surface area contributed by atoms with Gasteiger partial charge >= 0.3 is 6.61 Å². The number of carbonyl (C=O) groups excluding carboxylic acids is 1. The molecule has 0 aliphatic carbocycles. The molecule has 0 spiro atoms. The van der Waals surface area contributed by atoms with Crippen molar-refractivity contribution < 1.29 is 27.8 Å². The molecule has 34 heavy (non-hydrogen) atoms. The molecule has 0 aliphatic heterocycles. The van der Waals surface area contributed by atoms with Gasteiger partial charge in [0.1, 0.15) is 23.9 Å². The molecule has 0 saturated carbocycles. The maximum absolute atomic E-state index is 12.5. The number of ether oxygens (including phenoxy) is 3. The van der Waals surface area contributed by atoms with Gasteiger partial charge in [0, 0.05) is 11.1 Å². The first kappa shape index (κ1) is 23.0. The second kappa shape index (κ2) is 10.6. The molecule has 0 N–H and O–H groups in total. The first-order valence-corrected chi connectivity index (χ1v) is 10.6. The number of halogens is 2. The van der Waals surface area contributed by atoms with Crippen LogP contribution in [0.4, 0.5) is 8.78 Å². The van der Waals surface area contributed by atoms with E-state index in [-0.39, 0.29) is 23.7 Å². The lowest BCUT2D eigenvalue weighted by molar-refractivity contribution is -0.0498. The number of rotatable bonds is 9. The second-order valence-corrected chi connectivity index (χ2v) is 7.47. The maximum atomic E-state index is 12.5. The monoisotopic (exact) mass is 460 g/mol. The van der Waals surface area contributed by atoms with Gasteiger partial charge in [-0.1, -0.05) is 54.6 Å². The summed E-state index contributed by atoms with van der Waals surface area (Å²) < 4.78 is 40.6. The van der Waals surface area contributed by atoms with Gasteiger partial charge in [0.15, 0.2) is 5.78 Å². The molecule has 4 rings (SSSR count). The zero-order valence-corrected chi connectivity index (χ0v) is 18.4. The Morgan fingerprint density at radius 3 is 2.50 bits per heavy atom. The van der Waals surface area contributed by atoms with Crippen molar-refractivity contribution in [3.63, 3.8) is 0 Å². The molecule has 0 atom stereocenters. The summed E-state index contributed by atoms with van der Waals surface area (Å²) in [4.78, 5) is 12.5. The zero-order valence-electron chi connectivity index (χ0n) is 18.4. The predicted molar refractivity (Wildman–Crippen MR) is 128 cm³/mol. The lowest BCUT2D eigenvalue weighted by atomic mass is 10.1. The third-order valence-corrected chi connectivity index (χ3v) is 5.19. The fourth-order valence-electron chi connectivity index (χ4n) is 3.53. The second-order valence-electron chi connectivity index (χ2n) is 7.47. The molecule has 0 bridgehead atoms. The smallest absolute Gasteiger partial charge is 0.387 e. The minimum atomic E-state index is -2.95. The Hall–Kier alpha value is -4.19. The van der Waals surface area contributed by atoms with Gasteiger partial charge in [-0.15, -0.1) is 0 Å². The number of hydrogen-bond acceptors (Lipinski definition) is 4. The van der Waals surface area contributed by atoms with Crippen molar-refractivity contribution in [2.45, 2.75) is 13.2 Å². The standard InChI is InChI=1S/C28H22F2O4/c1-32-27-14-10-19(9-13-26(31)22-7-4-8-25(17-22)34-28(29)30)15-23(27)18-33-24-12-11-20-5-2-3-6-21(20)16-24/h2-17,28H,18H2,1H3/b13-9+. The average molecular weight is 460 g/mol. The lowest BCUT2D eigenvalue weighted by Crippen LogP contribution is -2.03. The quantitative estimate of drug-likeness (QED) is 0.201. The van der Waals surface area contributed by atoms with E-state index in [4.69, 9.17) is 9.47 Å². The van der Waals surface area contributed by atoms with Crippen LogP contribution < -0.4 is 14.2 Å². The van der Waals surface area contributed by atoms with E-state index in [0.717, 1.165) is 27.6 Å². The van der Waals surface area contributed by atoms with Gasteiger partial charge in [0.2, 0.25) is 0 Å². The molecule has 0 saturated heterocycles. The van der Waals surface area contributed by atoms with Gasteiger partial charge < -0.3 is 14.2 Å². The zero-order chi connectivity index (χ0) is 23.9. The minimum absolute atomic E-state index is 0.0631. The number of allylic oxidation sites excluding steroid dienone is 1. The Bertz CT molecular complexity index is 1330. The van der Waals surface area contributed by atoms with E-state index in [1.165, 1.54) is 24.3 Å². The van der Waals surface area contributed by atoms with Crippen LogP contribution in [0, 0.1) is 0 Å². The van der Waals surface area contributed by atoms with Crippen molar-refractivity contribution >= 4 is 22.6 Å². The first-order valence-electron chi connectivity index (χ1n) is 10.6. The average Bonchev–Trinajstić information content (AvgIpc) is 2.85. The Balaban J connectivity index is 1.48. The van der Waals surface area contributed by atoms with E-state index in [2.05, 4.69) is 4.74 Å². The van der Waals surface area contributed by atoms with E-state index >= 15 is 0 Å². The van der Waals surface area contributed by atoms with E-state index in [1.807, 2.05) is 54.6 Å². The van der Waals surface area contributed by atoms with Crippen LogP contribution in [0.15, 0.2) is 91.0 Å². The van der Waals surface area contributed by atoms with Gasteiger partial charge in [-0.25, -0.2) is 0 Å². The molecule has 0 amide bonds. The van der Waals surface area contributed by atoms with E-state index < -0.39 is 6.61 Å². The third-order valence-electron chi connectivity index (χ3n) is 5.19. The molecule has 4 aromatic carbocycles. The number of hydrogen-bond donors (Lipinski definition) is 0. The van der Waals surface area contributed by atoms with Crippen molar-refractivity contribution in [2.75, 3.05) is 7.11 Å². The fourth-order valence-corrected chi connectivity index (χ4v) is 3.53. The fraction of sp³-hybridized carbons (Fsp3) is 0.107. The molecule has 4 aromatic rings. The summed E-state index contributed by atoms with van der Waals surface area (Å²) in [6, 6.07) is 25.2. The van der Waals surface area contributed by atoms with Crippen LogP contribution in [0.25, 0.3) is 16.8 Å². The van der Waals surface area contributed by atoms with Gasteiger partial charge in [-0.05, 0) is 58.8 Å². The molecule has 0 aromatic heterocycles. The first-order chi connectivity index (χ1) is 16.5. The third kappa shape index (κ3) is 5.78. The molecule has 0 aliphatic rings. The molecule has 0 fully saturated rings. The highest BCUT2D eigenvalue weighted by atomic mass is 19.3. The highest BCUT2D eigenvalue weighted by molar-refractivity contribution is 6.07. The van der Waals surface area contributed by atoms with E-state index in [9.17, 15) is 13.6 Å². The van der Waals surface area contributed by atoms with Crippen molar-refractivity contribution in [1.29, 1.82) is 0 Å². The number of benzene rings is 4. The van der Waals surface area contributed by atoms with Crippen molar-refractivity contribution in [3.05, 3.63) is 108 Å². The molecular weight excluding hydrogens is 438 g/mol. The lowest BCUT2D eigenvalue weighted by Gasteiger charge is -2.12. The number of methoxy groups -OCH3 is 1. The van der Waals surface area contributed by atoms with Crippen LogP contribution in [-0.4, -0.2) is 19.5 Å². The summed E-state index contributed by atoms with van der Waals surface area (Å²) in [5.74, 6) is 1.01. The minimum Gasteiger partial charge on any atom is -0.496 e. The van der Waals surface area contributed by atoms with Crippen LogP contribution >= 0.6 is 0 Å². The molecular formula is C28H22F2O4. The van der Waals surface area contributed by atoms with Crippen LogP contribution in [0.2, 0.25) is 0 Å². The summed E-state index contributed by atoms with van der Waals surface area (Å²) in [6.07, 6.45) is 3.04. The Morgan fingerprint density at radius 2 is 1.71 bits per heavy atom. The number of ketones is 1. The van der Waals surface area contributed by atoms with Crippen LogP contribution in [0.1, 0.15) is 21.5 Å². The summed E-state index contributed by atoms with van der Waals surface area (Å²) >= 11 is 0. The molecule has 6 heteroatoms. The molecule has 0 radical (unpaired) electrons. The van der Waals surface area contributed by atoms with Crippen LogP contribution in [0.5, 0.6) is 17.2 Å². The van der Waals surface area contributed by atoms with Gasteiger partial charge in [-0.2, -0.15) is 8.78 Å². The molecule has 0 unspecified atom stereocenters. The van der Waals surface area contributed by atoms with Crippen molar-refractivity contribution in [2.24, 2.45) is 0 Å². The summed E-state index contributed by atoms with van der Waals surface area (Å²) in [7, 11) is 1.59. The highest BCUT2D eigenvalue weighted by Crippen LogP contribution is 2.25. The van der Waals surface area contributed by atoms with Gasteiger partial charge in [0.05, 0.1) is 7.11 Å². The number of carbonyl (C=O) groups is 1. The molecule has 172 valence electrons. The largest absolute Gasteiger partial charge is 0.496 e. The topological polar surface area (TPSA) is 44.8 Å². The molecule has 4 nitrogen and oxygen atoms in total. The van der Waals surface area contributed by atoms with Gasteiger partial charge in [0.25, 0.3) is 0 Å². The summed E-state index contributed by atoms with van der Waals surface area (Å²) in [6.45, 7) is -2.67. The number of fused-ring (bicyclic) bond motifs is 1. The SMILES string of the molecule is COc1ccc(/C=C/C(=O)c2cccc(OC(F)F)c2)cc1COc1ccc2ccccc2c1. The molecule has 0 heterocycles. The van der Waals surface area contributed by atoms with Crippen LogP contribution in [0.3, 0.4) is 0 Å². The highest BCUT2D eigenvalue weighted by Gasteiger charge is 2.09. The maximum Gasteiger partial charge on any atom is 0.387 e. The Morgan fingerprint density at radius 1 is 0.882 bits per heavy atom. The number of alkyl halides is 2. The Labute approximate surface area is 196 Å².